The second kappa shape index (κ2) is 7.61. The molecule has 28 heavy (non-hydrogen) atoms. The quantitative estimate of drug-likeness (QED) is 0.676. The molecule has 0 bridgehead atoms. The highest BCUT2D eigenvalue weighted by Crippen LogP contribution is 2.32. The van der Waals surface area contributed by atoms with Crippen LogP contribution in [-0.4, -0.2) is 32.6 Å². The second-order valence-electron chi connectivity index (χ2n) is 6.94. The highest BCUT2D eigenvalue weighted by molar-refractivity contribution is 5.40. The van der Waals surface area contributed by atoms with Gasteiger partial charge in [-0.15, -0.1) is 0 Å². The highest BCUT2D eigenvalue weighted by Gasteiger charge is 2.31. The van der Waals surface area contributed by atoms with Crippen molar-refractivity contribution in [3.63, 3.8) is 0 Å². The standard InChI is InChI=1S/C20H20F3N5/c21-20(22,23)17-3-4-18(26-13-17)27-9-5-16(6-10-27)19-25-8-11-28(19)14-15-2-1-7-24-12-15/h1-4,7-8,11-13,16H,5-6,9-10,14H2. The van der Waals surface area contributed by atoms with E-state index in [0.29, 0.717) is 11.7 Å². The Kier molecular flexibility index (Phi) is 5.02. The first-order valence-electron chi connectivity index (χ1n) is 9.19. The number of hydrogen-bond donors (Lipinski definition) is 0. The number of imidazole rings is 1. The summed E-state index contributed by atoms with van der Waals surface area (Å²) in [5, 5.41) is 0. The molecule has 3 aromatic rings. The van der Waals surface area contributed by atoms with Gasteiger partial charge in [-0.2, -0.15) is 13.2 Å². The van der Waals surface area contributed by atoms with Crippen LogP contribution in [0.3, 0.4) is 0 Å². The molecule has 0 radical (unpaired) electrons. The molecular formula is C20H20F3N5. The number of alkyl halides is 3. The normalized spacial score (nSPS) is 15.8. The van der Waals surface area contributed by atoms with E-state index in [9.17, 15) is 13.2 Å². The van der Waals surface area contributed by atoms with Gasteiger partial charge in [-0.3, -0.25) is 4.98 Å². The van der Waals surface area contributed by atoms with Gasteiger partial charge in [0.25, 0.3) is 0 Å². The molecule has 0 atom stereocenters. The Labute approximate surface area is 160 Å². The van der Waals surface area contributed by atoms with E-state index in [-0.39, 0.29) is 0 Å². The van der Waals surface area contributed by atoms with Crippen LogP contribution in [0.15, 0.2) is 55.2 Å². The SMILES string of the molecule is FC(F)(F)c1ccc(N2CCC(c3nccn3Cc3cccnc3)CC2)nc1. The summed E-state index contributed by atoms with van der Waals surface area (Å²) in [6.45, 7) is 2.20. The highest BCUT2D eigenvalue weighted by atomic mass is 19.4. The summed E-state index contributed by atoms with van der Waals surface area (Å²) < 4.78 is 40.2. The molecule has 0 amide bonds. The van der Waals surface area contributed by atoms with Gasteiger partial charge in [0.1, 0.15) is 11.6 Å². The van der Waals surface area contributed by atoms with Gasteiger partial charge in [-0.25, -0.2) is 9.97 Å². The molecule has 1 fully saturated rings. The molecule has 0 spiro atoms. The summed E-state index contributed by atoms with van der Waals surface area (Å²) in [4.78, 5) is 14.8. The zero-order chi connectivity index (χ0) is 19.6. The summed E-state index contributed by atoms with van der Waals surface area (Å²) in [6, 6.07) is 6.50. The van der Waals surface area contributed by atoms with Gasteiger partial charge in [0, 0.05) is 50.0 Å². The van der Waals surface area contributed by atoms with Gasteiger partial charge in [0.05, 0.1) is 12.1 Å². The fourth-order valence-corrected chi connectivity index (χ4v) is 3.61. The van der Waals surface area contributed by atoms with Crippen molar-refractivity contribution in [2.45, 2.75) is 31.5 Å². The van der Waals surface area contributed by atoms with Gasteiger partial charge in [-0.05, 0) is 36.6 Å². The molecule has 0 aromatic carbocycles. The maximum atomic E-state index is 12.7. The van der Waals surface area contributed by atoms with Crippen LogP contribution in [0.5, 0.6) is 0 Å². The van der Waals surface area contributed by atoms with Crippen LogP contribution in [0.25, 0.3) is 0 Å². The number of rotatable bonds is 4. The lowest BCUT2D eigenvalue weighted by Crippen LogP contribution is -2.34. The van der Waals surface area contributed by atoms with Crippen LogP contribution in [-0.2, 0) is 12.7 Å². The third-order valence-electron chi connectivity index (χ3n) is 5.08. The maximum absolute atomic E-state index is 12.7. The molecular weight excluding hydrogens is 367 g/mol. The van der Waals surface area contributed by atoms with E-state index in [4.69, 9.17) is 0 Å². The van der Waals surface area contributed by atoms with E-state index in [0.717, 1.165) is 56.1 Å². The lowest BCUT2D eigenvalue weighted by Gasteiger charge is -2.32. The number of halogens is 3. The Morgan fingerprint density at radius 3 is 2.46 bits per heavy atom. The van der Waals surface area contributed by atoms with Crippen molar-refractivity contribution in [2.75, 3.05) is 18.0 Å². The summed E-state index contributed by atoms with van der Waals surface area (Å²) >= 11 is 0. The first kappa shape index (κ1) is 18.5. The van der Waals surface area contributed by atoms with Gasteiger partial charge in [-0.1, -0.05) is 6.07 Å². The van der Waals surface area contributed by atoms with E-state index >= 15 is 0 Å². The number of anilines is 1. The predicted molar refractivity (Wildman–Crippen MR) is 99.0 cm³/mol. The van der Waals surface area contributed by atoms with Crippen LogP contribution < -0.4 is 4.90 Å². The van der Waals surface area contributed by atoms with Crippen LogP contribution >= 0.6 is 0 Å². The number of hydrogen-bond acceptors (Lipinski definition) is 4. The van der Waals surface area contributed by atoms with Gasteiger partial charge < -0.3 is 9.47 Å². The Balaban J connectivity index is 1.40. The van der Waals surface area contributed by atoms with Gasteiger partial charge in [0.15, 0.2) is 0 Å². The minimum atomic E-state index is -4.36. The molecule has 8 heteroatoms. The van der Waals surface area contributed by atoms with Crippen LogP contribution in [0.2, 0.25) is 0 Å². The molecule has 4 heterocycles. The Morgan fingerprint density at radius 2 is 1.82 bits per heavy atom. The lowest BCUT2D eigenvalue weighted by atomic mass is 9.95. The van der Waals surface area contributed by atoms with Gasteiger partial charge >= 0.3 is 6.18 Å². The predicted octanol–water partition coefficient (Wildman–Crippen LogP) is 4.12. The van der Waals surface area contributed by atoms with E-state index in [1.54, 1.807) is 6.20 Å². The van der Waals surface area contributed by atoms with Crippen molar-refractivity contribution in [3.05, 3.63) is 72.2 Å². The summed E-state index contributed by atoms with van der Waals surface area (Å²) in [6.07, 6.45) is 5.71. The lowest BCUT2D eigenvalue weighted by molar-refractivity contribution is -0.137. The Morgan fingerprint density at radius 1 is 1.00 bits per heavy atom. The number of piperidine rings is 1. The molecule has 0 aliphatic carbocycles. The Bertz CT molecular complexity index is 898. The fourth-order valence-electron chi connectivity index (χ4n) is 3.61. The summed E-state index contributed by atoms with van der Waals surface area (Å²) in [5.74, 6) is 1.95. The van der Waals surface area contributed by atoms with Crippen LogP contribution in [0, 0.1) is 0 Å². The number of aromatic nitrogens is 4. The minimum Gasteiger partial charge on any atom is -0.357 e. The number of pyridine rings is 2. The third kappa shape index (κ3) is 4.00. The van der Waals surface area contributed by atoms with Crippen molar-refractivity contribution in [2.24, 2.45) is 0 Å². The topological polar surface area (TPSA) is 46.8 Å². The van der Waals surface area contributed by atoms with Crippen molar-refractivity contribution in [1.29, 1.82) is 0 Å². The average molecular weight is 387 g/mol. The zero-order valence-corrected chi connectivity index (χ0v) is 15.2. The van der Waals surface area contributed by atoms with Crippen molar-refractivity contribution >= 4 is 5.82 Å². The molecule has 146 valence electrons. The summed E-state index contributed by atoms with van der Waals surface area (Å²) in [7, 11) is 0. The molecule has 0 saturated carbocycles. The van der Waals surface area contributed by atoms with E-state index in [1.807, 2.05) is 35.6 Å². The fraction of sp³-hybridized carbons (Fsp3) is 0.350. The molecule has 0 N–H and O–H groups in total. The number of nitrogens with zero attached hydrogens (tertiary/aromatic N) is 5. The first-order chi connectivity index (χ1) is 13.5. The van der Waals surface area contributed by atoms with Crippen molar-refractivity contribution < 1.29 is 13.2 Å². The molecule has 3 aromatic heterocycles. The largest absolute Gasteiger partial charge is 0.417 e. The maximum Gasteiger partial charge on any atom is 0.417 e. The molecule has 1 aliphatic rings. The van der Waals surface area contributed by atoms with Crippen molar-refractivity contribution in [1.82, 2.24) is 19.5 Å². The molecule has 0 unspecified atom stereocenters. The zero-order valence-electron chi connectivity index (χ0n) is 15.2. The van der Waals surface area contributed by atoms with E-state index in [2.05, 4.69) is 19.5 Å². The molecule has 1 aliphatic heterocycles. The minimum absolute atomic E-state index is 0.317. The van der Waals surface area contributed by atoms with Crippen LogP contribution in [0.4, 0.5) is 19.0 Å². The molecule has 4 rings (SSSR count). The van der Waals surface area contributed by atoms with E-state index < -0.39 is 11.7 Å². The second-order valence-corrected chi connectivity index (χ2v) is 6.94. The average Bonchev–Trinajstić information content (AvgIpc) is 3.16. The first-order valence-corrected chi connectivity index (χ1v) is 9.19. The van der Waals surface area contributed by atoms with Crippen molar-refractivity contribution in [3.8, 4) is 0 Å². The van der Waals surface area contributed by atoms with Gasteiger partial charge in [0.2, 0.25) is 0 Å². The third-order valence-corrected chi connectivity index (χ3v) is 5.08. The molecule has 5 nitrogen and oxygen atoms in total. The Hall–Kier alpha value is -2.90. The smallest absolute Gasteiger partial charge is 0.357 e. The van der Waals surface area contributed by atoms with Crippen LogP contribution in [0.1, 0.15) is 35.7 Å². The summed E-state index contributed by atoms with van der Waals surface area (Å²) in [5.41, 5.74) is 0.400. The van der Waals surface area contributed by atoms with E-state index in [1.165, 1.54) is 6.07 Å². The molecule has 1 saturated heterocycles. The monoisotopic (exact) mass is 387 g/mol.